The van der Waals surface area contributed by atoms with Crippen LogP contribution in [0.2, 0.25) is 0 Å². The second-order valence-electron chi connectivity index (χ2n) is 4.67. The lowest BCUT2D eigenvalue weighted by molar-refractivity contribution is -0.148. The zero-order valence-corrected chi connectivity index (χ0v) is 11.3. The van der Waals surface area contributed by atoms with E-state index >= 15 is 0 Å². The molecular formula is C14H18N2O4. The summed E-state index contributed by atoms with van der Waals surface area (Å²) in [7, 11) is 1.31. The van der Waals surface area contributed by atoms with Crippen molar-refractivity contribution in [2.45, 2.75) is 12.5 Å². The predicted octanol–water partition coefficient (Wildman–Crippen LogP) is 0.265. The van der Waals surface area contributed by atoms with Crippen LogP contribution < -0.4 is 10.2 Å². The van der Waals surface area contributed by atoms with E-state index in [0.717, 1.165) is 18.7 Å². The van der Waals surface area contributed by atoms with Crippen LogP contribution >= 0.6 is 0 Å². The number of carbonyl (C=O) groups excluding carboxylic acids is 1. The summed E-state index contributed by atoms with van der Waals surface area (Å²) in [6.07, 6.45) is -0.0796. The van der Waals surface area contributed by atoms with Gasteiger partial charge in [-0.15, -0.1) is 0 Å². The number of methoxy groups -OCH3 is 1. The van der Waals surface area contributed by atoms with E-state index in [9.17, 15) is 9.59 Å². The highest BCUT2D eigenvalue weighted by Crippen LogP contribution is 2.26. The number of hydrogen-bond donors (Lipinski definition) is 2. The van der Waals surface area contributed by atoms with Crippen LogP contribution in [0.25, 0.3) is 0 Å². The van der Waals surface area contributed by atoms with E-state index in [-0.39, 0.29) is 19.0 Å². The van der Waals surface area contributed by atoms with Gasteiger partial charge in [-0.1, -0.05) is 18.2 Å². The van der Waals surface area contributed by atoms with Crippen molar-refractivity contribution in [2.75, 3.05) is 31.6 Å². The van der Waals surface area contributed by atoms with Gasteiger partial charge in [0, 0.05) is 19.3 Å². The molecule has 6 nitrogen and oxygen atoms in total. The third kappa shape index (κ3) is 3.27. The number of rotatable bonds is 6. The molecule has 2 N–H and O–H groups in total. The molecule has 0 saturated carbocycles. The number of carboxylic acids is 1. The van der Waals surface area contributed by atoms with Gasteiger partial charge in [-0.05, 0) is 18.1 Å². The molecule has 1 heterocycles. The molecule has 1 atom stereocenters. The molecule has 0 saturated heterocycles. The lowest BCUT2D eigenvalue weighted by atomic mass is 10.2. The Balaban J connectivity index is 1.86. The molecule has 108 valence electrons. The molecule has 1 aliphatic rings. The van der Waals surface area contributed by atoms with Crippen LogP contribution in [0, 0.1) is 0 Å². The maximum atomic E-state index is 11.9. The van der Waals surface area contributed by atoms with E-state index in [0.29, 0.717) is 0 Å². The summed E-state index contributed by atoms with van der Waals surface area (Å²) in [5, 5.41) is 11.4. The smallest absolute Gasteiger partial charge is 0.334 e. The topological polar surface area (TPSA) is 78.9 Å². The number of amides is 1. The summed E-state index contributed by atoms with van der Waals surface area (Å²) < 4.78 is 4.76. The van der Waals surface area contributed by atoms with Crippen molar-refractivity contribution in [3.8, 4) is 0 Å². The minimum Gasteiger partial charge on any atom is -0.479 e. The van der Waals surface area contributed by atoms with Gasteiger partial charge >= 0.3 is 5.97 Å². The summed E-state index contributed by atoms with van der Waals surface area (Å²) in [6.45, 7) is 1.01. The van der Waals surface area contributed by atoms with E-state index in [1.807, 2.05) is 23.1 Å². The highest BCUT2D eigenvalue weighted by Gasteiger charge is 2.22. The molecule has 0 spiro atoms. The number of carboxylic acid groups (broad SMARTS) is 1. The maximum absolute atomic E-state index is 11.9. The van der Waals surface area contributed by atoms with Crippen molar-refractivity contribution in [1.29, 1.82) is 0 Å². The zero-order valence-electron chi connectivity index (χ0n) is 11.3. The van der Waals surface area contributed by atoms with Gasteiger partial charge in [0.2, 0.25) is 5.91 Å². The number of fused-ring (bicyclic) bond motifs is 1. The van der Waals surface area contributed by atoms with Gasteiger partial charge in [0.25, 0.3) is 0 Å². The molecule has 1 unspecified atom stereocenters. The lowest BCUT2D eigenvalue weighted by Gasteiger charge is -2.19. The number of benzene rings is 1. The molecule has 2 rings (SSSR count). The van der Waals surface area contributed by atoms with Gasteiger partial charge in [0.15, 0.2) is 6.10 Å². The Bertz CT molecular complexity index is 504. The number of nitrogens with zero attached hydrogens (tertiary/aromatic N) is 1. The average Bonchev–Trinajstić information content (AvgIpc) is 2.82. The second-order valence-corrected chi connectivity index (χ2v) is 4.67. The van der Waals surface area contributed by atoms with Crippen molar-refractivity contribution in [1.82, 2.24) is 5.32 Å². The minimum absolute atomic E-state index is 0.0276. The van der Waals surface area contributed by atoms with Crippen molar-refractivity contribution in [3.63, 3.8) is 0 Å². The number of carbonyl (C=O) groups is 2. The fraction of sp³-hybridized carbons (Fsp3) is 0.429. The van der Waals surface area contributed by atoms with Gasteiger partial charge in [-0.3, -0.25) is 4.79 Å². The van der Waals surface area contributed by atoms with Crippen LogP contribution in [0.4, 0.5) is 5.69 Å². The highest BCUT2D eigenvalue weighted by molar-refractivity contribution is 5.83. The van der Waals surface area contributed by atoms with Crippen LogP contribution in [0.1, 0.15) is 5.56 Å². The van der Waals surface area contributed by atoms with Crippen molar-refractivity contribution >= 4 is 17.6 Å². The van der Waals surface area contributed by atoms with Gasteiger partial charge < -0.3 is 20.1 Å². The zero-order chi connectivity index (χ0) is 14.5. The highest BCUT2D eigenvalue weighted by atomic mass is 16.5. The largest absolute Gasteiger partial charge is 0.479 e. The number of anilines is 1. The van der Waals surface area contributed by atoms with E-state index in [4.69, 9.17) is 9.84 Å². The summed E-state index contributed by atoms with van der Waals surface area (Å²) >= 11 is 0. The molecule has 1 amide bonds. The maximum Gasteiger partial charge on any atom is 0.334 e. The standard InChI is InChI=1S/C14H18N2O4/c1-20-12(14(18)19)8-15-13(17)9-16-7-6-10-4-2-3-5-11(10)16/h2-5,12H,6-9H2,1H3,(H,15,17)(H,18,19). The molecule has 1 aromatic rings. The molecule has 20 heavy (non-hydrogen) atoms. The first-order valence-electron chi connectivity index (χ1n) is 6.47. The predicted molar refractivity (Wildman–Crippen MR) is 73.8 cm³/mol. The molecule has 0 aromatic heterocycles. The van der Waals surface area contributed by atoms with Crippen LogP contribution in [0.5, 0.6) is 0 Å². The third-order valence-corrected chi connectivity index (χ3v) is 3.36. The number of ether oxygens (including phenoxy) is 1. The monoisotopic (exact) mass is 278 g/mol. The summed E-state index contributed by atoms with van der Waals surface area (Å²) in [5.41, 5.74) is 2.31. The van der Waals surface area contributed by atoms with Crippen molar-refractivity contribution < 1.29 is 19.4 Å². The number of nitrogens with one attached hydrogen (secondary N) is 1. The molecule has 0 aliphatic carbocycles. The minimum atomic E-state index is -1.08. The van der Waals surface area contributed by atoms with Crippen molar-refractivity contribution in [2.24, 2.45) is 0 Å². The average molecular weight is 278 g/mol. The van der Waals surface area contributed by atoms with Crippen LogP contribution in [-0.2, 0) is 20.7 Å². The SMILES string of the molecule is COC(CNC(=O)CN1CCc2ccccc21)C(=O)O. The second kappa shape index (κ2) is 6.38. The van der Waals surface area contributed by atoms with Gasteiger partial charge in [0.1, 0.15) is 0 Å². The lowest BCUT2D eigenvalue weighted by Crippen LogP contribution is -2.42. The van der Waals surface area contributed by atoms with E-state index in [1.165, 1.54) is 12.7 Å². The van der Waals surface area contributed by atoms with Crippen LogP contribution in [-0.4, -0.2) is 49.8 Å². The first kappa shape index (κ1) is 14.3. The van der Waals surface area contributed by atoms with Crippen LogP contribution in [0.3, 0.4) is 0 Å². The fourth-order valence-corrected chi connectivity index (χ4v) is 2.28. The van der Waals surface area contributed by atoms with E-state index in [2.05, 4.69) is 11.4 Å². The molecule has 0 radical (unpaired) electrons. The quantitative estimate of drug-likeness (QED) is 0.780. The first-order chi connectivity index (χ1) is 9.61. The van der Waals surface area contributed by atoms with E-state index in [1.54, 1.807) is 0 Å². The number of aliphatic carboxylic acids is 1. The molecular weight excluding hydrogens is 260 g/mol. The first-order valence-corrected chi connectivity index (χ1v) is 6.47. The number of hydrogen-bond acceptors (Lipinski definition) is 4. The summed E-state index contributed by atoms with van der Waals surface area (Å²) in [6, 6.07) is 7.97. The van der Waals surface area contributed by atoms with Crippen molar-refractivity contribution in [3.05, 3.63) is 29.8 Å². The van der Waals surface area contributed by atoms with Gasteiger partial charge in [-0.25, -0.2) is 4.79 Å². The summed E-state index contributed by atoms with van der Waals surface area (Å²) in [5.74, 6) is -1.29. The Morgan fingerprint density at radius 3 is 2.90 bits per heavy atom. The Labute approximate surface area is 117 Å². The Morgan fingerprint density at radius 1 is 1.45 bits per heavy atom. The van der Waals surface area contributed by atoms with E-state index < -0.39 is 12.1 Å². The molecule has 0 bridgehead atoms. The molecule has 6 heteroatoms. The number of para-hydroxylation sites is 1. The fourth-order valence-electron chi connectivity index (χ4n) is 2.28. The van der Waals surface area contributed by atoms with Gasteiger partial charge in [0.05, 0.1) is 13.1 Å². The third-order valence-electron chi connectivity index (χ3n) is 3.36. The van der Waals surface area contributed by atoms with Crippen LogP contribution in [0.15, 0.2) is 24.3 Å². The Morgan fingerprint density at radius 2 is 2.20 bits per heavy atom. The molecule has 0 fully saturated rings. The summed E-state index contributed by atoms with van der Waals surface area (Å²) in [4.78, 5) is 24.6. The molecule has 1 aliphatic heterocycles. The Kier molecular flexibility index (Phi) is 4.57. The Hall–Kier alpha value is -2.08. The normalized spacial score (nSPS) is 14.8. The van der Waals surface area contributed by atoms with Gasteiger partial charge in [-0.2, -0.15) is 0 Å². The molecule has 1 aromatic carbocycles.